The number of hydrogen-bond acceptors (Lipinski definition) is 0. The minimum Gasteiger partial charge on any atom is -0.358 e. The van der Waals surface area contributed by atoms with Crippen LogP contribution in [0.4, 0.5) is 70.2 Å². The van der Waals surface area contributed by atoms with Gasteiger partial charge in [-0.25, -0.2) is 70.2 Å². The Labute approximate surface area is 897 Å². The Morgan fingerprint density at radius 1 is 0.180 bits per heavy atom. The first kappa shape index (κ1) is 194. The molecule has 0 amide bonds. The van der Waals surface area contributed by atoms with Crippen molar-refractivity contribution in [1.29, 1.82) is 0 Å². The second kappa shape index (κ2) is 90.8. The first-order valence-corrected chi connectivity index (χ1v) is 41.8. The first-order valence-electron chi connectivity index (χ1n) is 41.8. The van der Waals surface area contributed by atoms with Crippen LogP contribution >= 0.6 is 0 Å². The van der Waals surface area contributed by atoms with Gasteiger partial charge in [0.2, 0.25) is 0 Å². The van der Waals surface area contributed by atoms with Crippen LogP contribution in [0.3, 0.4) is 0 Å². The minimum atomic E-state index is -0.978. The van der Waals surface area contributed by atoms with Crippen LogP contribution in [0.25, 0.3) is 0 Å². The van der Waals surface area contributed by atoms with Crippen molar-refractivity contribution in [2.24, 2.45) is 140 Å². The van der Waals surface area contributed by atoms with Crippen LogP contribution in [0.5, 0.6) is 0 Å². The van der Waals surface area contributed by atoms with E-state index < -0.39 is 98.7 Å². The van der Waals surface area contributed by atoms with Gasteiger partial charge in [0.15, 0.2) is 0 Å². The van der Waals surface area contributed by atoms with Crippen LogP contribution in [0.2, 0.25) is 0 Å². The van der Waals surface area contributed by atoms with Crippen molar-refractivity contribution in [3.63, 3.8) is 0 Å². The Morgan fingerprint density at radius 2 is 0.305 bits per heavy atom. The Kier molecular flexibility index (Phi) is 138. The summed E-state index contributed by atoms with van der Waals surface area (Å²) in [6.07, 6.45) is -4.87. The molecule has 8 rings (SSSR count). The van der Waals surface area contributed by atoms with Crippen LogP contribution in [-0.2, 0) is 156 Å². The smallest absolute Gasteiger partial charge is 0.358 e. The Hall–Kier alpha value is 3.87. The fraction of sp³-hybridized carbons (Fsp3) is 0.846. The van der Waals surface area contributed by atoms with E-state index in [1.807, 2.05) is 111 Å². The molecule has 800 valence electrons. The molecule has 8 fully saturated rings. The maximum atomic E-state index is 13.9. The molecule has 0 aromatic heterocycles. The van der Waals surface area contributed by atoms with E-state index >= 15 is 0 Å². The summed E-state index contributed by atoms with van der Waals surface area (Å²) in [5.74, 6) is 2.23. The summed E-state index contributed by atoms with van der Waals surface area (Å²) in [5, 5.41) is 0. The molecule has 0 N–H and O–H groups in total. The predicted molar refractivity (Wildman–Crippen MR) is 512 cm³/mol. The third kappa shape index (κ3) is 66.7. The molecule has 0 saturated heterocycles. The van der Waals surface area contributed by atoms with Crippen LogP contribution < -0.4 is 0 Å². The maximum absolute atomic E-state index is 13.9. The van der Waals surface area contributed by atoms with Gasteiger partial charge in [0, 0.05) is 51.4 Å². The predicted octanol–water partition coefficient (Wildman–Crippen LogP) is 37.2. The third-order valence-corrected chi connectivity index (χ3v) is 26.5. The van der Waals surface area contributed by atoms with Gasteiger partial charge in [-0.05, 0) is 191 Å². The van der Waals surface area contributed by atoms with Gasteiger partial charge in [0.1, 0.15) is 98.7 Å². The quantitative estimate of drug-likeness (QED) is 0.129. The van der Waals surface area contributed by atoms with Crippen LogP contribution in [-0.4, -0.2) is 98.7 Å². The standard InChI is InChI=1S/2C14H26F2.2C12H22F2.2C10H18F2.2C8H14F2.16CH3.8Ru/c2*1-13(2,3)9-7-10(14(4,5)6)12(16)8-11(9)15;2*1-7(2)9-5-10(8(3)4)12(14)6-11(9)13;2*1-3-7-5-8(4-2)10(12)6-9(7)11;2*1-5-3-6(2)8(10)4-7(5)9;;;;;;;;;;;;;;;;;;;;;;;;/h2*9-12H,7-8H2,1-6H3;2*7-12H,5-6H2,1-4H3;2*7-10H,3-6H2,1-2H3;2*5-8H,3-4H2,1-2H3;16*1H3;;;;;;;;/q;;;;;;;;16*-1;8*+2. The number of alkyl halides is 16. The van der Waals surface area contributed by atoms with Gasteiger partial charge < -0.3 is 119 Å². The molecule has 0 heterocycles. The summed E-state index contributed by atoms with van der Waals surface area (Å²) >= 11 is 0. The van der Waals surface area contributed by atoms with E-state index in [0.29, 0.717) is 49.4 Å². The molecule has 0 aliphatic heterocycles. The molecule has 0 aromatic rings. The molecule has 0 aromatic carbocycles. The number of halogens is 16. The normalized spacial score (nSPS) is 33.8. The maximum Gasteiger partial charge on any atom is 2.00 e. The summed E-state index contributed by atoms with van der Waals surface area (Å²) < 4.78 is 214. The van der Waals surface area contributed by atoms with Gasteiger partial charge >= 0.3 is 156 Å². The van der Waals surface area contributed by atoms with Crippen molar-refractivity contribution in [3.05, 3.63) is 119 Å². The van der Waals surface area contributed by atoms with Gasteiger partial charge in [0.05, 0.1) is 0 Å². The fourth-order valence-corrected chi connectivity index (χ4v) is 18.3. The van der Waals surface area contributed by atoms with Gasteiger partial charge in [-0.1, -0.05) is 220 Å². The minimum absolute atomic E-state index is 0. The van der Waals surface area contributed by atoms with E-state index in [2.05, 4.69) is 83.1 Å². The molecule has 0 spiro atoms. The Bertz CT molecular complexity index is 1950. The molecule has 0 nitrogen and oxygen atoms in total. The zero-order valence-electron chi connectivity index (χ0n) is 89.8. The second-order valence-electron chi connectivity index (χ2n) is 40.1. The number of hydrogen-bond donors (Lipinski definition) is 0. The van der Waals surface area contributed by atoms with E-state index in [9.17, 15) is 70.2 Å². The van der Waals surface area contributed by atoms with Crippen molar-refractivity contribution >= 4 is 0 Å². The second-order valence-corrected chi connectivity index (χ2v) is 40.1. The zero-order valence-corrected chi connectivity index (χ0v) is 104. The van der Waals surface area contributed by atoms with Gasteiger partial charge in [-0.15, -0.1) is 0 Å². The molecule has 32 atom stereocenters. The summed E-state index contributed by atoms with van der Waals surface area (Å²) in [6.45, 7) is 56.3. The topological polar surface area (TPSA) is 0 Å². The summed E-state index contributed by atoms with van der Waals surface area (Å²) in [4.78, 5) is 0. The van der Waals surface area contributed by atoms with Crippen LogP contribution in [0.15, 0.2) is 0 Å². The zero-order chi connectivity index (χ0) is 80.9. The molecule has 8 saturated carbocycles. The van der Waals surface area contributed by atoms with Crippen LogP contribution in [0, 0.1) is 259 Å². The average Bonchev–Trinajstić information content (AvgIpc) is 0.794. The molecular formula is C104H208F16Ru8. The van der Waals surface area contributed by atoms with E-state index in [1.165, 1.54) is 0 Å². The molecule has 128 heavy (non-hydrogen) atoms. The average molecular weight is 2570 g/mol. The summed E-state index contributed by atoms with van der Waals surface area (Å²) in [7, 11) is 0. The molecule has 24 heteroatoms. The van der Waals surface area contributed by atoms with Crippen molar-refractivity contribution in [2.45, 2.75) is 421 Å². The number of rotatable bonds is 8. The van der Waals surface area contributed by atoms with Crippen LogP contribution in [0.1, 0.15) is 322 Å². The van der Waals surface area contributed by atoms with E-state index in [-0.39, 0.29) is 442 Å². The SMILES string of the molecule is CC(C)(C)C1CC(C(C)(C)C)C(F)CC1F.CC(C)(C)C1CC(C(C)(C)C)C(F)CC1F.CC(C)C1CC(C(C)C)C(F)CC1F.CC(C)C1CC(C(C)C)C(F)CC1F.CC1CC(C)C(F)CC1F.CC1CC(C)C(F)CC1F.CCC1CC(CC)C(F)CC1F.CCC1CC(CC)C(F)CC1F.[CH3-].[CH3-].[CH3-].[CH3-].[CH3-].[CH3-].[CH3-].[CH3-].[CH3-].[CH3-].[CH3-].[CH3-].[CH3-].[CH3-].[CH3-].[CH3-].[Ru+2].[Ru+2].[Ru+2].[Ru+2].[Ru+2].[Ru+2].[Ru+2].[Ru+2]. The fourth-order valence-electron chi connectivity index (χ4n) is 18.3. The van der Waals surface area contributed by atoms with Crippen molar-refractivity contribution in [1.82, 2.24) is 0 Å². The van der Waals surface area contributed by atoms with E-state index in [4.69, 9.17) is 0 Å². The van der Waals surface area contributed by atoms with E-state index in [1.54, 1.807) is 0 Å². The monoisotopic (exact) mass is 2580 g/mol. The molecule has 0 bridgehead atoms. The molecular weight excluding hydrogens is 2360 g/mol. The molecule has 8 aliphatic carbocycles. The Balaban J connectivity index is -0.0000000429. The van der Waals surface area contributed by atoms with Gasteiger partial charge in [-0.2, -0.15) is 0 Å². The molecule has 0 radical (unpaired) electrons. The third-order valence-electron chi connectivity index (χ3n) is 26.5. The molecule has 32 unspecified atom stereocenters. The summed E-state index contributed by atoms with van der Waals surface area (Å²) in [6, 6.07) is 0. The van der Waals surface area contributed by atoms with Crippen molar-refractivity contribution < 1.29 is 226 Å². The van der Waals surface area contributed by atoms with E-state index in [0.717, 1.165) is 51.4 Å². The van der Waals surface area contributed by atoms with Gasteiger partial charge in [0.25, 0.3) is 0 Å². The van der Waals surface area contributed by atoms with Crippen molar-refractivity contribution in [3.8, 4) is 0 Å². The Morgan fingerprint density at radius 3 is 0.422 bits per heavy atom. The first-order chi connectivity index (χ1) is 47.5. The molecule has 8 aliphatic rings. The van der Waals surface area contributed by atoms with Gasteiger partial charge in [-0.3, -0.25) is 0 Å². The largest absolute Gasteiger partial charge is 2.00 e. The van der Waals surface area contributed by atoms with Crippen molar-refractivity contribution in [2.75, 3.05) is 0 Å². The summed E-state index contributed by atoms with van der Waals surface area (Å²) in [5.41, 5.74) is -0.266.